The molecule has 0 spiro atoms. The summed E-state index contributed by atoms with van der Waals surface area (Å²) in [6.45, 7) is 5.64. The van der Waals surface area contributed by atoms with Crippen molar-refractivity contribution in [3.05, 3.63) is 64.3 Å². The number of benzene rings is 2. The lowest BCUT2D eigenvalue weighted by Crippen LogP contribution is -2.40. The largest absolute Gasteiger partial charge is 0.454 e. The van der Waals surface area contributed by atoms with Crippen LogP contribution < -0.4 is 9.47 Å². The summed E-state index contributed by atoms with van der Waals surface area (Å²) >= 11 is 0. The Morgan fingerprint density at radius 1 is 1.03 bits per heavy atom. The van der Waals surface area contributed by atoms with Gasteiger partial charge in [-0.1, -0.05) is 29.8 Å². The molecule has 0 saturated carbocycles. The molecule has 172 valence electrons. The van der Waals surface area contributed by atoms with E-state index in [2.05, 4.69) is 0 Å². The summed E-state index contributed by atoms with van der Waals surface area (Å²) in [6.07, 6.45) is 1.79. The Bertz CT molecular complexity index is 1160. The van der Waals surface area contributed by atoms with Gasteiger partial charge in [0.2, 0.25) is 6.79 Å². The minimum atomic E-state index is -0.286. The predicted octanol–water partition coefficient (Wildman–Crippen LogP) is 3.02. The molecule has 7 heteroatoms. The minimum Gasteiger partial charge on any atom is -0.454 e. The molecule has 1 atom stereocenters. The molecule has 2 aromatic rings. The number of aryl methyl sites for hydroxylation is 2. The lowest BCUT2D eigenvalue weighted by atomic mass is 9.95. The van der Waals surface area contributed by atoms with Crippen molar-refractivity contribution in [2.24, 2.45) is 5.92 Å². The van der Waals surface area contributed by atoms with Crippen LogP contribution in [0.3, 0.4) is 0 Å². The Morgan fingerprint density at radius 3 is 2.64 bits per heavy atom. The first-order chi connectivity index (χ1) is 16.0. The maximum atomic E-state index is 13.7. The highest BCUT2D eigenvalue weighted by molar-refractivity contribution is 6.35. The van der Waals surface area contributed by atoms with E-state index in [9.17, 15) is 14.7 Å². The van der Waals surface area contributed by atoms with Crippen LogP contribution in [0.1, 0.15) is 35.1 Å². The van der Waals surface area contributed by atoms with E-state index in [1.807, 2.05) is 49.1 Å². The van der Waals surface area contributed by atoms with E-state index in [-0.39, 0.29) is 37.7 Å². The Balaban J connectivity index is 1.53. The van der Waals surface area contributed by atoms with Gasteiger partial charge in [0.05, 0.1) is 12.1 Å². The predicted molar refractivity (Wildman–Crippen MR) is 122 cm³/mol. The molecule has 5 rings (SSSR count). The topological polar surface area (TPSA) is 79.3 Å². The van der Waals surface area contributed by atoms with Crippen molar-refractivity contribution in [1.82, 2.24) is 9.80 Å². The molecule has 1 saturated heterocycles. The number of hydrogen-bond acceptors (Lipinski definition) is 6. The van der Waals surface area contributed by atoms with Crippen LogP contribution >= 0.6 is 0 Å². The molecule has 0 bridgehead atoms. The molecule has 0 radical (unpaired) electrons. The zero-order chi connectivity index (χ0) is 23.1. The maximum Gasteiger partial charge on any atom is 0.278 e. The van der Waals surface area contributed by atoms with Gasteiger partial charge in [-0.15, -0.1) is 0 Å². The van der Waals surface area contributed by atoms with Crippen molar-refractivity contribution in [2.75, 3.05) is 26.5 Å². The number of carbonyl (C=O) groups is 2. The molecule has 2 amide bonds. The summed E-state index contributed by atoms with van der Waals surface area (Å²) in [5.74, 6) is 0.807. The molecule has 0 aromatic heterocycles. The van der Waals surface area contributed by atoms with E-state index in [0.29, 0.717) is 35.9 Å². The number of rotatable bonds is 5. The lowest BCUT2D eigenvalue weighted by molar-refractivity contribution is -0.138. The van der Waals surface area contributed by atoms with Gasteiger partial charge in [0, 0.05) is 19.7 Å². The zero-order valence-electron chi connectivity index (χ0n) is 19.0. The quantitative estimate of drug-likeness (QED) is 0.709. The fourth-order valence-electron chi connectivity index (χ4n) is 4.98. The third-order valence-electron chi connectivity index (χ3n) is 6.67. The van der Waals surface area contributed by atoms with Gasteiger partial charge >= 0.3 is 0 Å². The molecule has 3 aliphatic rings. The van der Waals surface area contributed by atoms with Crippen LogP contribution in [0.25, 0.3) is 5.57 Å². The second kappa shape index (κ2) is 8.56. The van der Waals surface area contributed by atoms with E-state index in [4.69, 9.17) is 9.47 Å². The van der Waals surface area contributed by atoms with Crippen molar-refractivity contribution in [3.8, 4) is 11.5 Å². The molecule has 33 heavy (non-hydrogen) atoms. The van der Waals surface area contributed by atoms with Gasteiger partial charge in [-0.2, -0.15) is 0 Å². The van der Waals surface area contributed by atoms with Gasteiger partial charge in [0.15, 0.2) is 11.5 Å². The van der Waals surface area contributed by atoms with Gasteiger partial charge < -0.3 is 19.5 Å². The first-order valence-corrected chi connectivity index (χ1v) is 11.4. The van der Waals surface area contributed by atoms with Gasteiger partial charge in [-0.25, -0.2) is 0 Å². The van der Waals surface area contributed by atoms with Crippen molar-refractivity contribution >= 4 is 17.4 Å². The minimum absolute atomic E-state index is 0.0751. The third kappa shape index (κ3) is 3.86. The van der Waals surface area contributed by atoms with E-state index in [0.717, 1.165) is 35.1 Å². The summed E-state index contributed by atoms with van der Waals surface area (Å²) in [6, 6.07) is 11.4. The number of ether oxygens (including phenoxy) is 2. The van der Waals surface area contributed by atoms with Crippen LogP contribution in [0.4, 0.5) is 0 Å². The molecule has 1 fully saturated rings. The molecule has 1 N–H and O–H groups in total. The Kier molecular flexibility index (Phi) is 5.58. The second-order valence-electron chi connectivity index (χ2n) is 9.06. The maximum absolute atomic E-state index is 13.7. The molecule has 3 aliphatic heterocycles. The standard InChI is InChI=1S/C26H28N2O5/c1-16-5-7-20(17(2)10-16)23-24(27-9-3-4-19(12-27)14-29)26(31)28(25(23)30)13-18-6-8-21-22(11-18)33-15-32-21/h5-8,10-11,19,29H,3-4,9,12-15H2,1-2H3. The Morgan fingerprint density at radius 2 is 1.85 bits per heavy atom. The highest BCUT2D eigenvalue weighted by Crippen LogP contribution is 2.37. The number of fused-ring (bicyclic) bond motifs is 1. The SMILES string of the molecule is Cc1ccc(C2=C(N3CCCC(CO)C3)C(=O)N(Cc3ccc4c(c3)OCO4)C2=O)c(C)c1. The van der Waals surface area contributed by atoms with E-state index in [1.54, 1.807) is 6.07 Å². The smallest absolute Gasteiger partial charge is 0.278 e. The van der Waals surface area contributed by atoms with Crippen LogP contribution in [0.5, 0.6) is 11.5 Å². The summed E-state index contributed by atoms with van der Waals surface area (Å²) in [7, 11) is 0. The van der Waals surface area contributed by atoms with Crippen LogP contribution in [0, 0.1) is 19.8 Å². The van der Waals surface area contributed by atoms with Gasteiger partial charge in [-0.3, -0.25) is 14.5 Å². The van der Waals surface area contributed by atoms with Crippen LogP contribution in [0.2, 0.25) is 0 Å². The van der Waals surface area contributed by atoms with E-state index < -0.39 is 0 Å². The molecule has 1 unspecified atom stereocenters. The van der Waals surface area contributed by atoms with Crippen LogP contribution in [0.15, 0.2) is 42.1 Å². The zero-order valence-corrected chi connectivity index (χ0v) is 19.0. The summed E-state index contributed by atoms with van der Waals surface area (Å²) in [5.41, 5.74) is 4.56. The molecule has 3 heterocycles. The Labute approximate surface area is 193 Å². The van der Waals surface area contributed by atoms with Crippen molar-refractivity contribution < 1.29 is 24.2 Å². The average molecular weight is 449 g/mol. The molecular formula is C26H28N2O5. The molecule has 0 aliphatic carbocycles. The summed E-state index contributed by atoms with van der Waals surface area (Å²) < 4.78 is 10.8. The number of aliphatic hydroxyl groups excluding tert-OH is 1. The number of piperidine rings is 1. The Hall–Kier alpha value is -3.32. The molecular weight excluding hydrogens is 420 g/mol. The van der Waals surface area contributed by atoms with Crippen molar-refractivity contribution in [1.29, 1.82) is 0 Å². The normalized spacial score (nSPS) is 20.3. The van der Waals surface area contributed by atoms with Crippen LogP contribution in [-0.2, 0) is 16.1 Å². The number of likely N-dealkylation sites (tertiary alicyclic amines) is 1. The van der Waals surface area contributed by atoms with Crippen molar-refractivity contribution in [3.63, 3.8) is 0 Å². The number of aliphatic hydroxyl groups is 1. The molecule has 7 nitrogen and oxygen atoms in total. The summed E-state index contributed by atoms with van der Waals surface area (Å²) in [4.78, 5) is 30.7. The van der Waals surface area contributed by atoms with E-state index in [1.165, 1.54) is 4.90 Å². The second-order valence-corrected chi connectivity index (χ2v) is 9.06. The van der Waals surface area contributed by atoms with E-state index >= 15 is 0 Å². The number of nitrogens with zero attached hydrogens (tertiary/aromatic N) is 2. The number of hydrogen-bond donors (Lipinski definition) is 1. The van der Waals surface area contributed by atoms with Crippen molar-refractivity contribution in [2.45, 2.75) is 33.2 Å². The number of imide groups is 1. The van der Waals surface area contributed by atoms with Crippen LogP contribution in [-0.4, -0.2) is 53.2 Å². The highest BCUT2D eigenvalue weighted by Gasteiger charge is 2.43. The fraction of sp³-hybridized carbons (Fsp3) is 0.385. The first kappa shape index (κ1) is 21.5. The van der Waals surface area contributed by atoms with Gasteiger partial charge in [0.25, 0.3) is 11.8 Å². The van der Waals surface area contributed by atoms with Gasteiger partial charge in [-0.05, 0) is 61.4 Å². The monoisotopic (exact) mass is 448 g/mol. The number of carbonyl (C=O) groups excluding carboxylic acids is 2. The highest BCUT2D eigenvalue weighted by atomic mass is 16.7. The first-order valence-electron chi connectivity index (χ1n) is 11.4. The third-order valence-corrected chi connectivity index (χ3v) is 6.67. The number of amides is 2. The summed E-state index contributed by atoms with van der Waals surface area (Å²) in [5, 5.41) is 9.72. The molecule has 2 aromatic carbocycles. The lowest BCUT2D eigenvalue weighted by Gasteiger charge is -2.34. The van der Waals surface area contributed by atoms with Gasteiger partial charge in [0.1, 0.15) is 5.70 Å². The fourth-order valence-corrected chi connectivity index (χ4v) is 4.98. The average Bonchev–Trinajstić information content (AvgIpc) is 3.37.